The first kappa shape index (κ1) is 56.7. The Bertz CT molecular complexity index is 2070. The zero-order valence-corrected chi connectivity index (χ0v) is 39.6. The third-order valence-corrected chi connectivity index (χ3v) is 11.7. The molecule has 0 saturated carbocycles. The Hall–Kier alpha value is -5.92. The van der Waals surface area contributed by atoms with E-state index in [0.717, 1.165) is 16.7 Å². The van der Waals surface area contributed by atoms with Crippen LogP contribution >= 0.6 is 0 Å². The van der Waals surface area contributed by atoms with Crippen molar-refractivity contribution in [3.63, 3.8) is 0 Å². The molecule has 0 spiro atoms. The van der Waals surface area contributed by atoms with Gasteiger partial charge in [-0.25, -0.2) is 11.4 Å². The molecule has 26 heteroatoms. The molecule has 3 aliphatic heterocycles. The number of carbonyl (C=O) groups excluding carboxylic acids is 7. The molecule has 0 aliphatic carbocycles. The number of phenols is 1. The third kappa shape index (κ3) is 15.3. The molecule has 70 heavy (non-hydrogen) atoms. The summed E-state index contributed by atoms with van der Waals surface area (Å²) >= 11 is 0. The van der Waals surface area contributed by atoms with Crippen molar-refractivity contribution in [3.8, 4) is 11.5 Å². The summed E-state index contributed by atoms with van der Waals surface area (Å²) in [4.78, 5) is 103. The lowest BCUT2D eigenvalue weighted by molar-refractivity contribution is -0.147. The number of alkyl carbamates (subject to hydrolysis) is 1. The number of ether oxygens (including phenoxy) is 2. The van der Waals surface area contributed by atoms with Crippen LogP contribution in [0.3, 0.4) is 0 Å². The number of amides is 7. The Balaban J connectivity index is 1.82. The van der Waals surface area contributed by atoms with Crippen molar-refractivity contribution in [3.05, 3.63) is 35.2 Å². The van der Waals surface area contributed by atoms with Gasteiger partial charge in [0.05, 0.1) is 37.1 Å². The van der Waals surface area contributed by atoms with E-state index < -0.39 is 165 Å². The van der Waals surface area contributed by atoms with Gasteiger partial charge in [0.15, 0.2) is 17.6 Å². The van der Waals surface area contributed by atoms with E-state index >= 15 is 0 Å². The van der Waals surface area contributed by atoms with Crippen LogP contribution in [0, 0.1) is 12.5 Å². The molecule has 14 N–H and O–H groups in total. The molecular weight excluding hydrogens is 927 g/mol. The fourth-order valence-electron chi connectivity index (χ4n) is 8.16. The lowest BCUT2D eigenvalue weighted by Gasteiger charge is -2.33. The van der Waals surface area contributed by atoms with Crippen LogP contribution in [-0.4, -0.2) is 223 Å². The van der Waals surface area contributed by atoms with Crippen molar-refractivity contribution in [2.75, 3.05) is 52.5 Å². The molecule has 1 aromatic rings. The number of fused-ring (bicyclic) bond motifs is 2. The van der Waals surface area contributed by atoms with Gasteiger partial charge in [0, 0.05) is 57.9 Å². The maximum atomic E-state index is 14.5. The minimum absolute atomic E-state index is 0.0336. The van der Waals surface area contributed by atoms with Gasteiger partial charge in [0.2, 0.25) is 42.0 Å². The summed E-state index contributed by atoms with van der Waals surface area (Å²) < 4.78 is 10.9. The van der Waals surface area contributed by atoms with Crippen LogP contribution in [0.25, 0.3) is 4.85 Å². The second-order valence-electron chi connectivity index (χ2n) is 18.6. The van der Waals surface area contributed by atoms with Gasteiger partial charge in [-0.1, -0.05) is 13.0 Å². The highest BCUT2D eigenvalue weighted by atomic mass is 16.6. The van der Waals surface area contributed by atoms with Crippen LogP contribution < -0.4 is 36.6 Å². The standard InChI is InChI=1S/C44H67N9O17/c1-21-19-53-35(36(21)61)40(65)47-17-24(56)15-26(48-43(68)70-44(3,4)5)37(62)49-32(22(2)55)41(66)52-20-25(57)16-27(52)38(63)50-33(39(64)51-34(42(53)67)30(60)18-45-6)29(59)13-23-7-8-28(58)31(14-23)69-12-10-46-9-11-54/h7-8,14,21-22,24-27,29-30,32-36,46,54-61H,9-13,15-20H2,1-5H3,(H,47,65)(H,48,68)(H,49,62)(H,50,63)(H,51,64)/t21-,22+,24+,25+,26?,27-,29+,30+,32-,33-,34-,35-,36-/m0/s1. The Labute approximate surface area is 403 Å². The van der Waals surface area contributed by atoms with Crippen LogP contribution in [0.2, 0.25) is 0 Å². The first-order valence-corrected chi connectivity index (χ1v) is 22.8. The minimum atomic E-state index is -2.08. The van der Waals surface area contributed by atoms with E-state index in [1.54, 1.807) is 0 Å². The van der Waals surface area contributed by atoms with Gasteiger partial charge in [0.1, 0.15) is 48.5 Å². The quantitative estimate of drug-likeness (QED) is 0.0647. The number of phenolic OH excluding ortho intramolecular Hbond substituents is 1. The molecule has 0 aromatic heterocycles. The number of β-amino-alcohol motifs (C(OH)–C–C–N with tert-alkyl or cyclic N) is 1. The highest BCUT2D eigenvalue weighted by Gasteiger charge is 2.50. The van der Waals surface area contributed by atoms with Crippen LogP contribution in [0.5, 0.6) is 11.5 Å². The van der Waals surface area contributed by atoms with E-state index in [4.69, 9.17) is 21.2 Å². The first-order chi connectivity index (χ1) is 32.9. The van der Waals surface area contributed by atoms with Crippen molar-refractivity contribution in [1.29, 1.82) is 0 Å². The summed E-state index contributed by atoms with van der Waals surface area (Å²) in [6.07, 6.45) is -13.0. The summed E-state index contributed by atoms with van der Waals surface area (Å²) in [5.41, 5.74) is -0.842. The van der Waals surface area contributed by atoms with Crippen molar-refractivity contribution < 1.29 is 83.9 Å². The zero-order valence-electron chi connectivity index (χ0n) is 39.6. The number of aliphatic hydroxyl groups is 7. The largest absolute Gasteiger partial charge is 0.504 e. The molecule has 3 heterocycles. The smallest absolute Gasteiger partial charge is 0.408 e. The van der Waals surface area contributed by atoms with E-state index in [1.807, 2.05) is 0 Å². The Morgan fingerprint density at radius 3 is 2.17 bits per heavy atom. The molecule has 26 nitrogen and oxygen atoms in total. The fraction of sp³-hybridized carbons (Fsp3) is 0.682. The van der Waals surface area contributed by atoms with Crippen LogP contribution in [0.4, 0.5) is 4.79 Å². The third-order valence-electron chi connectivity index (χ3n) is 11.7. The SMILES string of the molecule is [C-]#[N+]C[C@@H](O)[C@@H]1NC(=O)[C@H]([C@H](O)Cc2ccc(O)c(OCCNCCO)c2)NC(=O)[C@@H]2C[C@@H](O)CN2C(=O)[C@H]([C@@H](C)O)NC(=O)C(NC(=O)OC(C)(C)C)C[C@@H](O)CNC(=O)[C@@H]2[C@@H](O)[C@@H](C)CN2C1=O. The number of nitrogens with zero attached hydrogens (tertiary/aromatic N) is 3. The van der Waals surface area contributed by atoms with Crippen molar-refractivity contribution in [2.24, 2.45) is 5.92 Å². The molecule has 3 fully saturated rings. The molecule has 390 valence electrons. The Kier molecular flexibility index (Phi) is 20.5. The minimum Gasteiger partial charge on any atom is -0.504 e. The van der Waals surface area contributed by atoms with Gasteiger partial charge in [-0.3, -0.25) is 28.8 Å². The van der Waals surface area contributed by atoms with E-state index in [9.17, 15) is 69.3 Å². The van der Waals surface area contributed by atoms with Crippen LogP contribution in [0.15, 0.2) is 18.2 Å². The molecule has 3 saturated heterocycles. The second-order valence-corrected chi connectivity index (χ2v) is 18.6. The van der Waals surface area contributed by atoms with E-state index in [-0.39, 0.29) is 49.9 Å². The number of hydrogen-bond acceptors (Lipinski definition) is 18. The molecule has 7 amide bonds. The first-order valence-electron chi connectivity index (χ1n) is 22.8. The molecule has 0 radical (unpaired) electrons. The normalized spacial score (nSPS) is 28.9. The van der Waals surface area contributed by atoms with Gasteiger partial charge >= 0.3 is 6.09 Å². The van der Waals surface area contributed by atoms with Crippen molar-refractivity contribution in [2.45, 2.75) is 132 Å². The molecule has 3 aliphatic rings. The molecule has 13 atom stereocenters. The number of nitrogens with one attached hydrogen (secondary N) is 6. The highest BCUT2D eigenvalue weighted by molar-refractivity contribution is 5.98. The van der Waals surface area contributed by atoms with Crippen molar-refractivity contribution in [1.82, 2.24) is 41.7 Å². The van der Waals surface area contributed by atoms with E-state index in [2.05, 4.69) is 36.7 Å². The monoisotopic (exact) mass is 993 g/mol. The number of hydrogen-bond donors (Lipinski definition) is 14. The fourth-order valence-corrected chi connectivity index (χ4v) is 8.16. The van der Waals surface area contributed by atoms with Gasteiger partial charge in [0.25, 0.3) is 0 Å². The maximum absolute atomic E-state index is 14.5. The van der Waals surface area contributed by atoms with Crippen molar-refractivity contribution >= 4 is 41.5 Å². The molecule has 1 aromatic carbocycles. The second kappa shape index (κ2) is 25.3. The van der Waals surface area contributed by atoms with Gasteiger partial charge < -0.3 is 96.9 Å². The van der Waals surface area contributed by atoms with Gasteiger partial charge in [-0.15, -0.1) is 0 Å². The average Bonchev–Trinajstić information content (AvgIpc) is 3.82. The molecule has 1 unspecified atom stereocenters. The number of aromatic hydroxyl groups is 1. The number of rotatable bonds is 13. The zero-order chi connectivity index (χ0) is 52.2. The predicted molar refractivity (Wildman–Crippen MR) is 242 cm³/mol. The summed E-state index contributed by atoms with van der Waals surface area (Å²) in [6, 6.07) is -7.20. The molecule has 0 bridgehead atoms. The number of benzene rings is 1. The van der Waals surface area contributed by atoms with E-state index in [0.29, 0.717) is 0 Å². The lowest BCUT2D eigenvalue weighted by Crippen LogP contribution is -2.64. The predicted octanol–water partition coefficient (Wildman–Crippen LogP) is -5.68. The lowest BCUT2D eigenvalue weighted by atomic mass is 9.99. The average molecular weight is 994 g/mol. The Morgan fingerprint density at radius 1 is 0.871 bits per heavy atom. The molecule has 4 rings (SSSR count). The maximum Gasteiger partial charge on any atom is 0.408 e. The summed E-state index contributed by atoms with van der Waals surface area (Å²) in [7, 11) is 0. The number of aliphatic hydroxyl groups excluding tert-OH is 7. The number of carbonyl (C=O) groups is 7. The Morgan fingerprint density at radius 2 is 1.53 bits per heavy atom. The summed E-state index contributed by atoms with van der Waals surface area (Å²) in [5, 5.41) is 101. The van der Waals surface area contributed by atoms with E-state index in [1.165, 1.54) is 45.9 Å². The van der Waals surface area contributed by atoms with Crippen LogP contribution in [-0.2, 0) is 39.9 Å². The van der Waals surface area contributed by atoms with Gasteiger partial charge in [-0.2, -0.15) is 0 Å². The summed E-state index contributed by atoms with van der Waals surface area (Å²) in [6.45, 7) is 12.8. The van der Waals surface area contributed by atoms with Crippen LogP contribution in [0.1, 0.15) is 53.0 Å². The topological polar surface area (TPSA) is 383 Å². The molecular formula is C44H67N9O17. The summed E-state index contributed by atoms with van der Waals surface area (Å²) in [5.74, 6) is -8.12. The highest BCUT2D eigenvalue weighted by Crippen LogP contribution is 2.29. The van der Waals surface area contributed by atoms with Gasteiger partial charge in [-0.05, 0) is 45.4 Å².